The molecule has 6 heteroatoms. The number of Topliss-reactive ketones (excluding diaryl/α,β-unsaturated/α-hetero) is 1. The molecule has 1 saturated carbocycles. The van der Waals surface area contributed by atoms with Gasteiger partial charge in [-0.15, -0.1) is 5.10 Å². The molecule has 0 N–H and O–H groups in total. The number of aryl methyl sites for hydroxylation is 1. The van der Waals surface area contributed by atoms with Crippen LogP contribution in [0.5, 0.6) is 0 Å². The zero-order chi connectivity index (χ0) is 12.6. The molecule has 1 aromatic heterocycles. The average Bonchev–Trinajstić information content (AvgIpc) is 2.86. The van der Waals surface area contributed by atoms with Gasteiger partial charge in [0.15, 0.2) is 4.60 Å². The van der Waals surface area contributed by atoms with Crippen molar-refractivity contribution in [2.45, 2.75) is 31.2 Å². The second-order valence-electron chi connectivity index (χ2n) is 4.81. The predicted octanol–water partition coefficient (Wildman–Crippen LogP) is 1.63. The second kappa shape index (κ2) is 4.49. The van der Waals surface area contributed by atoms with Gasteiger partial charge in [0.25, 0.3) is 0 Å². The molecule has 0 aromatic carbocycles. The number of hydrogen-bond acceptors (Lipinski definition) is 4. The van der Waals surface area contributed by atoms with Crippen molar-refractivity contribution in [3.63, 3.8) is 0 Å². The van der Waals surface area contributed by atoms with E-state index in [1.165, 1.54) is 0 Å². The Kier molecular flexibility index (Phi) is 3.36. The van der Waals surface area contributed by atoms with Crippen LogP contribution in [0.1, 0.15) is 36.2 Å². The Labute approximate surface area is 109 Å². The Morgan fingerprint density at radius 3 is 2.41 bits per heavy atom. The molecule has 0 atom stereocenters. The quantitative estimate of drug-likeness (QED) is 0.796. The molecule has 1 aliphatic rings. The van der Waals surface area contributed by atoms with Crippen molar-refractivity contribution in [3.8, 4) is 0 Å². The van der Waals surface area contributed by atoms with Gasteiger partial charge in [-0.1, -0.05) is 18.1 Å². The van der Waals surface area contributed by atoms with E-state index in [2.05, 4.69) is 26.2 Å². The van der Waals surface area contributed by atoms with Crippen molar-refractivity contribution in [3.05, 3.63) is 10.3 Å². The maximum Gasteiger partial charge on any atom is 0.203 e. The Balaban J connectivity index is 2.42. The van der Waals surface area contributed by atoms with E-state index in [4.69, 9.17) is 0 Å². The molecule has 0 unspecified atom stereocenters. The zero-order valence-electron chi connectivity index (χ0n) is 10.4. The number of rotatable bonds is 3. The fourth-order valence-electron chi connectivity index (χ4n) is 2.63. The summed E-state index contributed by atoms with van der Waals surface area (Å²) in [6.07, 6.45) is 4.03. The van der Waals surface area contributed by atoms with Gasteiger partial charge in [0.2, 0.25) is 5.78 Å². The lowest BCUT2D eigenvalue weighted by atomic mass is 9.89. The maximum atomic E-state index is 12.7. The van der Waals surface area contributed by atoms with E-state index < -0.39 is 0 Å². The number of carbonyl (C=O) groups is 1. The lowest BCUT2D eigenvalue weighted by molar-refractivity contribution is 0.0682. The molecule has 1 fully saturated rings. The van der Waals surface area contributed by atoms with E-state index >= 15 is 0 Å². The first-order valence-corrected chi connectivity index (χ1v) is 6.56. The molecular weight excluding hydrogens is 284 g/mol. The number of carbonyl (C=O) groups excluding carboxylic acids is 1. The van der Waals surface area contributed by atoms with Crippen molar-refractivity contribution < 1.29 is 4.79 Å². The molecule has 0 amide bonds. The third kappa shape index (κ3) is 1.93. The van der Waals surface area contributed by atoms with Crippen molar-refractivity contribution in [2.24, 2.45) is 7.05 Å². The number of halogens is 1. The van der Waals surface area contributed by atoms with Crippen LogP contribution in [0.15, 0.2) is 4.60 Å². The molecule has 1 aromatic rings. The fourth-order valence-corrected chi connectivity index (χ4v) is 3.14. The van der Waals surface area contributed by atoms with Gasteiger partial charge < -0.3 is 0 Å². The first-order valence-electron chi connectivity index (χ1n) is 5.76. The molecule has 0 radical (unpaired) electrons. The Morgan fingerprint density at radius 2 is 2.00 bits per heavy atom. The van der Waals surface area contributed by atoms with Gasteiger partial charge in [-0.2, -0.15) is 0 Å². The summed E-state index contributed by atoms with van der Waals surface area (Å²) in [5, 5.41) is 7.77. The molecule has 0 bridgehead atoms. The molecule has 0 aliphatic heterocycles. The van der Waals surface area contributed by atoms with Crippen LogP contribution in [-0.2, 0) is 7.05 Å². The minimum Gasteiger partial charge on any atom is -0.297 e. The maximum absolute atomic E-state index is 12.7. The second-order valence-corrected chi connectivity index (χ2v) is 5.57. The number of nitrogens with zero attached hydrogens (tertiary/aromatic N) is 4. The molecular formula is C11H17BrN4O. The third-order valence-corrected chi connectivity index (χ3v) is 4.24. The van der Waals surface area contributed by atoms with Crippen LogP contribution in [0.3, 0.4) is 0 Å². The van der Waals surface area contributed by atoms with E-state index in [9.17, 15) is 4.79 Å². The van der Waals surface area contributed by atoms with E-state index in [1.54, 1.807) is 11.7 Å². The first-order chi connectivity index (χ1) is 7.99. The van der Waals surface area contributed by atoms with Crippen LogP contribution in [0.25, 0.3) is 0 Å². The highest BCUT2D eigenvalue weighted by molar-refractivity contribution is 9.10. The minimum atomic E-state index is -0.377. The van der Waals surface area contributed by atoms with Crippen LogP contribution in [-0.4, -0.2) is 45.3 Å². The summed E-state index contributed by atoms with van der Waals surface area (Å²) in [7, 11) is 5.70. The highest BCUT2D eigenvalue weighted by Gasteiger charge is 2.45. The molecule has 1 heterocycles. The number of aromatic nitrogens is 3. The standard InChI is InChI=1S/C11H17BrN4O/c1-15(2)11(6-4-5-7-11)9(17)8-10(12)13-14-16(8)3/h4-7H2,1-3H3. The van der Waals surface area contributed by atoms with Gasteiger partial charge in [-0.05, 0) is 42.9 Å². The molecule has 5 nitrogen and oxygen atoms in total. The predicted molar refractivity (Wildman–Crippen MR) is 67.9 cm³/mol. The summed E-state index contributed by atoms with van der Waals surface area (Å²) in [6, 6.07) is 0. The van der Waals surface area contributed by atoms with Crippen LogP contribution in [0.4, 0.5) is 0 Å². The summed E-state index contributed by atoms with van der Waals surface area (Å²) in [4.78, 5) is 14.8. The molecule has 94 valence electrons. The fraction of sp³-hybridized carbons (Fsp3) is 0.727. The average molecular weight is 301 g/mol. The number of hydrogen-bond donors (Lipinski definition) is 0. The zero-order valence-corrected chi connectivity index (χ0v) is 12.0. The SMILES string of the molecule is CN(C)C1(C(=O)c2c(Br)nnn2C)CCCC1. The van der Waals surface area contributed by atoms with Crippen LogP contribution in [0.2, 0.25) is 0 Å². The van der Waals surface area contributed by atoms with Crippen LogP contribution in [0, 0.1) is 0 Å². The monoisotopic (exact) mass is 300 g/mol. The highest BCUT2D eigenvalue weighted by atomic mass is 79.9. The topological polar surface area (TPSA) is 51.0 Å². The lowest BCUT2D eigenvalue weighted by Crippen LogP contribution is -2.49. The number of ketones is 1. The largest absolute Gasteiger partial charge is 0.297 e. The highest BCUT2D eigenvalue weighted by Crippen LogP contribution is 2.37. The molecule has 1 aliphatic carbocycles. The van der Waals surface area contributed by atoms with Gasteiger partial charge in [0, 0.05) is 7.05 Å². The summed E-state index contributed by atoms with van der Waals surface area (Å²) >= 11 is 3.30. The van der Waals surface area contributed by atoms with E-state index in [0.29, 0.717) is 10.3 Å². The van der Waals surface area contributed by atoms with Gasteiger partial charge >= 0.3 is 0 Å². The van der Waals surface area contributed by atoms with E-state index in [1.807, 2.05) is 19.0 Å². The van der Waals surface area contributed by atoms with Gasteiger partial charge in [0.1, 0.15) is 5.69 Å². The summed E-state index contributed by atoms with van der Waals surface area (Å²) in [5.74, 6) is 0.124. The van der Waals surface area contributed by atoms with Crippen LogP contribution < -0.4 is 0 Å². The molecule has 0 spiro atoms. The summed E-state index contributed by atoms with van der Waals surface area (Å²) in [6.45, 7) is 0. The normalized spacial score (nSPS) is 18.9. The smallest absolute Gasteiger partial charge is 0.203 e. The van der Waals surface area contributed by atoms with Crippen molar-refractivity contribution in [2.75, 3.05) is 14.1 Å². The molecule has 0 saturated heterocycles. The van der Waals surface area contributed by atoms with Crippen molar-refractivity contribution >= 4 is 21.7 Å². The van der Waals surface area contributed by atoms with Crippen molar-refractivity contribution in [1.29, 1.82) is 0 Å². The van der Waals surface area contributed by atoms with Crippen LogP contribution >= 0.6 is 15.9 Å². The van der Waals surface area contributed by atoms with E-state index in [-0.39, 0.29) is 11.3 Å². The van der Waals surface area contributed by atoms with Gasteiger partial charge in [0.05, 0.1) is 5.54 Å². The summed E-state index contributed by atoms with van der Waals surface area (Å²) < 4.78 is 2.09. The Morgan fingerprint density at radius 1 is 1.41 bits per heavy atom. The molecule has 2 rings (SSSR count). The number of likely N-dealkylation sites (N-methyl/N-ethyl adjacent to an activating group) is 1. The van der Waals surface area contributed by atoms with E-state index in [0.717, 1.165) is 25.7 Å². The third-order valence-electron chi connectivity index (χ3n) is 3.71. The van der Waals surface area contributed by atoms with Gasteiger partial charge in [-0.3, -0.25) is 9.69 Å². The molecule has 17 heavy (non-hydrogen) atoms. The van der Waals surface area contributed by atoms with Crippen molar-refractivity contribution in [1.82, 2.24) is 19.9 Å². The lowest BCUT2D eigenvalue weighted by Gasteiger charge is -2.34. The Hall–Kier alpha value is -0.750. The minimum absolute atomic E-state index is 0.124. The summed E-state index contributed by atoms with van der Waals surface area (Å²) in [5.41, 5.74) is 0.193. The van der Waals surface area contributed by atoms with Gasteiger partial charge in [-0.25, -0.2) is 4.68 Å². The Bertz CT molecular complexity index is 415. The first kappa shape index (κ1) is 12.7.